The third-order valence-corrected chi connectivity index (χ3v) is 6.45. The zero-order chi connectivity index (χ0) is 19.7. The Morgan fingerprint density at radius 2 is 1.86 bits per heavy atom. The summed E-state index contributed by atoms with van der Waals surface area (Å²) in [5, 5.41) is 10.9. The van der Waals surface area contributed by atoms with Crippen molar-refractivity contribution in [3.05, 3.63) is 27.3 Å². The van der Waals surface area contributed by atoms with E-state index in [2.05, 4.69) is 25.8 Å². The molecule has 9 heteroatoms. The monoisotopic (exact) mass is 403 g/mol. The molecule has 2 aliphatic rings. The lowest BCUT2D eigenvalue weighted by atomic mass is 9.85. The molecule has 4 rings (SSSR count). The highest BCUT2D eigenvalue weighted by molar-refractivity contribution is 7.13. The van der Waals surface area contributed by atoms with Gasteiger partial charge in [0.1, 0.15) is 4.88 Å². The largest absolute Gasteiger partial charge is 0.349 e. The van der Waals surface area contributed by atoms with Gasteiger partial charge >= 0.3 is 0 Å². The zero-order valence-corrected chi connectivity index (χ0v) is 17.0. The van der Waals surface area contributed by atoms with Crippen LogP contribution in [0, 0.1) is 19.8 Å². The topological polar surface area (TPSA) is 110 Å². The number of thiazole rings is 1. The van der Waals surface area contributed by atoms with Gasteiger partial charge in [-0.1, -0.05) is 5.16 Å². The summed E-state index contributed by atoms with van der Waals surface area (Å²) in [5.41, 5.74) is 0.777. The van der Waals surface area contributed by atoms with Crippen LogP contribution in [0.15, 0.2) is 4.52 Å². The maximum absolute atomic E-state index is 12.4. The first kappa shape index (κ1) is 19.0. The first-order valence-electron chi connectivity index (χ1n) is 9.84. The second kappa shape index (κ2) is 7.98. The van der Waals surface area contributed by atoms with Crippen LogP contribution in [0.5, 0.6) is 0 Å². The minimum atomic E-state index is -0.0566. The second-order valence-electron chi connectivity index (χ2n) is 7.71. The Hall–Kier alpha value is -2.29. The Labute approximate surface area is 167 Å². The van der Waals surface area contributed by atoms with Gasteiger partial charge in [-0.2, -0.15) is 4.98 Å². The summed E-state index contributed by atoms with van der Waals surface area (Å²) in [5.74, 6) is 1.59. The van der Waals surface area contributed by atoms with E-state index in [1.807, 2.05) is 13.8 Å². The van der Waals surface area contributed by atoms with Crippen molar-refractivity contribution >= 4 is 23.2 Å². The van der Waals surface area contributed by atoms with Crippen LogP contribution in [0.4, 0.5) is 0 Å². The van der Waals surface area contributed by atoms with Crippen molar-refractivity contribution in [1.29, 1.82) is 0 Å². The van der Waals surface area contributed by atoms with Crippen molar-refractivity contribution in [2.24, 2.45) is 5.92 Å². The number of carbonyl (C=O) groups is 2. The average molecular weight is 404 g/mol. The number of nitrogens with one attached hydrogen (secondary N) is 2. The highest BCUT2D eigenvalue weighted by Crippen LogP contribution is 2.38. The molecule has 0 spiro atoms. The number of aryl methyl sites for hydroxylation is 2. The van der Waals surface area contributed by atoms with Gasteiger partial charge in [0.05, 0.1) is 17.2 Å². The summed E-state index contributed by atoms with van der Waals surface area (Å²) in [6, 6.07) is 0.107. The van der Waals surface area contributed by atoms with E-state index >= 15 is 0 Å². The Morgan fingerprint density at radius 3 is 2.50 bits per heavy atom. The number of hydrogen-bond acceptors (Lipinski definition) is 7. The summed E-state index contributed by atoms with van der Waals surface area (Å²) in [6.07, 6.45) is 5.35. The molecule has 2 aromatic rings. The van der Waals surface area contributed by atoms with Crippen LogP contribution in [0.2, 0.25) is 0 Å². The summed E-state index contributed by atoms with van der Waals surface area (Å²) in [4.78, 5) is 34.2. The van der Waals surface area contributed by atoms with Crippen molar-refractivity contribution in [1.82, 2.24) is 25.8 Å². The highest BCUT2D eigenvalue weighted by atomic mass is 32.1. The normalized spacial score (nSPS) is 22.1. The molecule has 0 aliphatic heterocycles. The number of amides is 2. The van der Waals surface area contributed by atoms with Crippen molar-refractivity contribution in [3.63, 3.8) is 0 Å². The molecule has 28 heavy (non-hydrogen) atoms. The minimum absolute atomic E-state index is 0.0184. The van der Waals surface area contributed by atoms with E-state index in [1.165, 1.54) is 11.3 Å². The number of hydrogen-bond donors (Lipinski definition) is 2. The van der Waals surface area contributed by atoms with Crippen LogP contribution >= 0.6 is 11.3 Å². The molecule has 8 nitrogen and oxygen atoms in total. The highest BCUT2D eigenvalue weighted by Gasteiger charge is 2.30. The van der Waals surface area contributed by atoms with Crippen LogP contribution in [0.3, 0.4) is 0 Å². The van der Waals surface area contributed by atoms with E-state index in [1.54, 1.807) is 0 Å². The van der Waals surface area contributed by atoms with Gasteiger partial charge in [0, 0.05) is 17.9 Å². The van der Waals surface area contributed by atoms with Gasteiger partial charge in [0.25, 0.3) is 5.91 Å². The predicted molar refractivity (Wildman–Crippen MR) is 103 cm³/mol. The third kappa shape index (κ3) is 4.40. The molecule has 2 saturated carbocycles. The van der Waals surface area contributed by atoms with Crippen molar-refractivity contribution in [3.8, 4) is 0 Å². The summed E-state index contributed by atoms with van der Waals surface area (Å²) in [6.45, 7) is 4.04. The van der Waals surface area contributed by atoms with Gasteiger partial charge in [-0.25, -0.2) is 4.98 Å². The Bertz CT molecular complexity index is 865. The number of rotatable bonds is 6. The van der Waals surface area contributed by atoms with Gasteiger partial charge in [0.2, 0.25) is 11.8 Å². The van der Waals surface area contributed by atoms with Crippen molar-refractivity contribution < 1.29 is 14.1 Å². The molecule has 2 aromatic heterocycles. The molecular formula is C19H25N5O3S. The standard InChI is InChI=1S/C19H25N5O3S/c1-10-16(28-11(2)21-10)19(26)22-14-7-5-13(6-8-14)18(25)20-9-15-23-17(24-27-15)12-3-4-12/h12-14H,3-9H2,1-2H3,(H,20,25)(H,22,26). The quantitative estimate of drug-likeness (QED) is 0.767. The molecule has 2 N–H and O–H groups in total. The summed E-state index contributed by atoms with van der Waals surface area (Å²) < 4.78 is 5.19. The fraction of sp³-hybridized carbons (Fsp3) is 0.632. The van der Waals surface area contributed by atoms with E-state index in [0.29, 0.717) is 16.7 Å². The van der Waals surface area contributed by atoms with Gasteiger partial charge in [0.15, 0.2) is 5.82 Å². The number of nitrogens with zero attached hydrogens (tertiary/aromatic N) is 3. The molecule has 0 atom stereocenters. The molecule has 2 aliphatic carbocycles. The molecule has 0 unspecified atom stereocenters. The lowest BCUT2D eigenvalue weighted by molar-refractivity contribution is -0.126. The maximum atomic E-state index is 12.4. The van der Waals surface area contributed by atoms with Crippen LogP contribution in [-0.2, 0) is 11.3 Å². The van der Waals surface area contributed by atoms with E-state index in [9.17, 15) is 9.59 Å². The average Bonchev–Trinajstić information content (AvgIpc) is 3.32. The lowest BCUT2D eigenvalue weighted by Gasteiger charge is -2.28. The second-order valence-corrected chi connectivity index (χ2v) is 8.91. The molecule has 2 fully saturated rings. The SMILES string of the molecule is Cc1nc(C)c(C(=O)NC2CCC(C(=O)NCc3nc(C4CC4)no3)CC2)s1. The molecule has 150 valence electrons. The maximum Gasteiger partial charge on any atom is 0.263 e. The van der Waals surface area contributed by atoms with Crippen LogP contribution in [0.1, 0.15) is 76.5 Å². The van der Waals surface area contributed by atoms with Crippen molar-refractivity contribution in [2.45, 2.75) is 70.9 Å². The fourth-order valence-electron chi connectivity index (χ4n) is 3.65. The molecular weight excluding hydrogens is 378 g/mol. The van der Waals surface area contributed by atoms with Crippen molar-refractivity contribution in [2.75, 3.05) is 0 Å². The van der Waals surface area contributed by atoms with Crippen LogP contribution in [0.25, 0.3) is 0 Å². The molecule has 0 radical (unpaired) electrons. The Morgan fingerprint density at radius 1 is 1.11 bits per heavy atom. The van der Waals surface area contributed by atoms with Gasteiger partial charge in [-0.15, -0.1) is 11.3 Å². The van der Waals surface area contributed by atoms with E-state index in [0.717, 1.165) is 55.1 Å². The third-order valence-electron chi connectivity index (χ3n) is 5.38. The number of carbonyl (C=O) groups excluding carboxylic acids is 2. The first-order chi connectivity index (χ1) is 13.5. The molecule has 0 bridgehead atoms. The van der Waals surface area contributed by atoms with Crippen LogP contribution in [-0.4, -0.2) is 33.0 Å². The van der Waals surface area contributed by atoms with E-state index in [4.69, 9.17) is 4.52 Å². The minimum Gasteiger partial charge on any atom is -0.349 e. The van der Waals surface area contributed by atoms with Gasteiger partial charge < -0.3 is 15.2 Å². The van der Waals surface area contributed by atoms with Gasteiger partial charge in [-0.3, -0.25) is 9.59 Å². The van der Waals surface area contributed by atoms with Gasteiger partial charge in [-0.05, 0) is 52.4 Å². The van der Waals surface area contributed by atoms with Crippen LogP contribution < -0.4 is 10.6 Å². The summed E-state index contributed by atoms with van der Waals surface area (Å²) in [7, 11) is 0. The molecule has 2 heterocycles. The Balaban J connectivity index is 1.21. The predicted octanol–water partition coefficient (Wildman–Crippen LogP) is 2.63. The molecule has 0 aromatic carbocycles. The zero-order valence-electron chi connectivity index (χ0n) is 16.2. The molecule has 2 amide bonds. The van der Waals surface area contributed by atoms with E-state index < -0.39 is 0 Å². The van der Waals surface area contributed by atoms with E-state index in [-0.39, 0.29) is 30.3 Å². The fourth-order valence-corrected chi connectivity index (χ4v) is 4.47. The Kier molecular flexibility index (Phi) is 5.43. The molecule has 0 saturated heterocycles. The number of aromatic nitrogens is 3. The summed E-state index contributed by atoms with van der Waals surface area (Å²) >= 11 is 1.42. The lowest BCUT2D eigenvalue weighted by Crippen LogP contribution is -2.40. The first-order valence-corrected chi connectivity index (χ1v) is 10.7. The smallest absolute Gasteiger partial charge is 0.263 e.